The topological polar surface area (TPSA) is 6.48 Å². The van der Waals surface area contributed by atoms with Crippen molar-refractivity contribution < 1.29 is 0 Å². The van der Waals surface area contributed by atoms with E-state index in [1.807, 2.05) is 0 Å². The van der Waals surface area contributed by atoms with E-state index in [1.54, 1.807) is 0 Å². The summed E-state index contributed by atoms with van der Waals surface area (Å²) in [5.74, 6) is 0. The Labute approximate surface area is 131 Å². The lowest BCUT2D eigenvalue weighted by molar-refractivity contribution is -0.00459. The second kappa shape index (κ2) is 6.17. The van der Waals surface area contributed by atoms with E-state index >= 15 is 0 Å². The Morgan fingerprint density at radius 2 is 1.90 bits per heavy atom. The molecule has 0 amide bonds. The third-order valence-electron chi connectivity index (χ3n) is 5.09. The van der Waals surface area contributed by atoms with Crippen molar-refractivity contribution in [2.45, 2.75) is 51.2 Å². The highest BCUT2D eigenvalue weighted by atomic mass is 79.9. The predicted octanol–water partition coefficient (Wildman–Crippen LogP) is 4.07. The third-order valence-corrected chi connectivity index (χ3v) is 5.61. The van der Waals surface area contributed by atoms with Crippen LogP contribution in [-0.4, -0.2) is 41.5 Å². The fraction of sp³-hybridized carbons (Fsp3) is 0.647. The van der Waals surface area contributed by atoms with Crippen LogP contribution in [0.15, 0.2) is 28.7 Å². The molecule has 0 radical (unpaired) electrons. The van der Waals surface area contributed by atoms with Gasteiger partial charge in [-0.1, -0.05) is 34.5 Å². The van der Waals surface area contributed by atoms with Gasteiger partial charge in [0.2, 0.25) is 0 Å². The fourth-order valence-corrected chi connectivity index (χ4v) is 4.11. The Morgan fingerprint density at radius 3 is 2.65 bits per heavy atom. The summed E-state index contributed by atoms with van der Waals surface area (Å²) in [5.41, 5.74) is 1.43. The van der Waals surface area contributed by atoms with E-state index in [4.69, 9.17) is 0 Å². The summed E-state index contributed by atoms with van der Waals surface area (Å²) in [4.78, 5) is 5.43. The van der Waals surface area contributed by atoms with Crippen molar-refractivity contribution in [3.8, 4) is 0 Å². The summed E-state index contributed by atoms with van der Waals surface area (Å²) in [5, 5.41) is 0. The Bertz CT molecular complexity index is 445. The van der Waals surface area contributed by atoms with Crippen LogP contribution in [0.25, 0.3) is 0 Å². The Balaban J connectivity index is 1.73. The van der Waals surface area contributed by atoms with E-state index in [-0.39, 0.29) is 0 Å². The lowest BCUT2D eigenvalue weighted by atomic mass is 9.94. The standard InChI is InChI=1S/C17H25BrN2/c1-13-11-19-10-4-3-5-17(19)12-20(13)14(2)15-6-8-16(18)9-7-15/h6-9,13-14,17H,3-5,10-12H2,1-2H3. The van der Waals surface area contributed by atoms with Crippen molar-refractivity contribution in [1.82, 2.24) is 9.80 Å². The maximum Gasteiger partial charge on any atom is 0.0323 e. The van der Waals surface area contributed by atoms with E-state index in [0.717, 1.165) is 6.04 Å². The van der Waals surface area contributed by atoms with Crippen LogP contribution in [0.3, 0.4) is 0 Å². The van der Waals surface area contributed by atoms with Crippen LogP contribution in [0.4, 0.5) is 0 Å². The molecule has 2 heterocycles. The molecule has 2 aliphatic heterocycles. The van der Waals surface area contributed by atoms with Gasteiger partial charge in [-0.25, -0.2) is 0 Å². The number of halogens is 1. The van der Waals surface area contributed by atoms with Crippen molar-refractivity contribution in [2.24, 2.45) is 0 Å². The van der Waals surface area contributed by atoms with Gasteiger partial charge in [0, 0.05) is 35.7 Å². The molecule has 110 valence electrons. The molecule has 2 saturated heterocycles. The molecule has 3 heteroatoms. The van der Waals surface area contributed by atoms with Crippen LogP contribution in [-0.2, 0) is 0 Å². The zero-order chi connectivity index (χ0) is 14.1. The van der Waals surface area contributed by atoms with Gasteiger partial charge in [-0.05, 0) is 50.9 Å². The number of benzene rings is 1. The summed E-state index contributed by atoms with van der Waals surface area (Å²) < 4.78 is 1.17. The van der Waals surface area contributed by atoms with Crippen LogP contribution >= 0.6 is 15.9 Å². The van der Waals surface area contributed by atoms with Crippen molar-refractivity contribution in [2.75, 3.05) is 19.6 Å². The highest BCUT2D eigenvalue weighted by Crippen LogP contribution is 2.30. The van der Waals surface area contributed by atoms with Crippen molar-refractivity contribution in [3.05, 3.63) is 34.3 Å². The zero-order valence-electron chi connectivity index (χ0n) is 12.6. The van der Waals surface area contributed by atoms with E-state index in [2.05, 4.69) is 63.8 Å². The molecule has 0 bridgehead atoms. The molecule has 3 atom stereocenters. The smallest absolute Gasteiger partial charge is 0.0323 e. The molecule has 1 aromatic carbocycles. The average Bonchev–Trinajstić information content (AvgIpc) is 2.46. The molecule has 3 unspecified atom stereocenters. The van der Waals surface area contributed by atoms with Gasteiger partial charge < -0.3 is 0 Å². The molecular formula is C17H25BrN2. The summed E-state index contributed by atoms with van der Waals surface area (Å²) in [6.45, 7) is 8.54. The zero-order valence-corrected chi connectivity index (χ0v) is 14.1. The first-order valence-electron chi connectivity index (χ1n) is 7.90. The first-order chi connectivity index (χ1) is 9.65. The van der Waals surface area contributed by atoms with Gasteiger partial charge in [-0.2, -0.15) is 0 Å². The van der Waals surface area contributed by atoms with Gasteiger partial charge in [-0.3, -0.25) is 9.80 Å². The lowest BCUT2D eigenvalue weighted by Crippen LogP contribution is -2.58. The van der Waals surface area contributed by atoms with Gasteiger partial charge in [0.05, 0.1) is 0 Å². The number of nitrogens with zero attached hydrogens (tertiary/aromatic N) is 2. The maximum atomic E-state index is 3.53. The molecule has 0 N–H and O–H groups in total. The number of fused-ring (bicyclic) bond motifs is 1. The second-order valence-corrected chi connectivity index (χ2v) is 7.33. The average molecular weight is 337 g/mol. The fourth-order valence-electron chi connectivity index (χ4n) is 3.85. The maximum absolute atomic E-state index is 3.53. The van der Waals surface area contributed by atoms with Crippen molar-refractivity contribution >= 4 is 15.9 Å². The normalized spacial score (nSPS) is 29.9. The van der Waals surface area contributed by atoms with Crippen LogP contribution in [0.1, 0.15) is 44.7 Å². The van der Waals surface area contributed by atoms with E-state index in [1.165, 1.54) is 48.9 Å². The van der Waals surface area contributed by atoms with Crippen LogP contribution < -0.4 is 0 Å². The Morgan fingerprint density at radius 1 is 1.15 bits per heavy atom. The predicted molar refractivity (Wildman–Crippen MR) is 87.9 cm³/mol. The Kier molecular flexibility index (Phi) is 4.49. The minimum absolute atomic E-state index is 0.516. The van der Waals surface area contributed by atoms with Crippen molar-refractivity contribution in [3.63, 3.8) is 0 Å². The second-order valence-electron chi connectivity index (χ2n) is 6.42. The molecule has 3 rings (SSSR count). The van der Waals surface area contributed by atoms with E-state index < -0.39 is 0 Å². The molecule has 2 aliphatic rings. The van der Waals surface area contributed by atoms with Gasteiger partial charge >= 0.3 is 0 Å². The number of piperidine rings is 1. The van der Waals surface area contributed by atoms with Crippen LogP contribution in [0.2, 0.25) is 0 Å². The summed E-state index contributed by atoms with van der Waals surface area (Å²) >= 11 is 3.53. The number of piperazine rings is 1. The van der Waals surface area contributed by atoms with Gasteiger partial charge in [-0.15, -0.1) is 0 Å². The number of hydrogen-bond donors (Lipinski definition) is 0. The highest BCUT2D eigenvalue weighted by molar-refractivity contribution is 9.10. The summed E-state index contributed by atoms with van der Waals surface area (Å²) in [6, 6.07) is 10.8. The molecule has 2 fully saturated rings. The first-order valence-corrected chi connectivity index (χ1v) is 8.69. The molecule has 1 aromatic rings. The monoisotopic (exact) mass is 336 g/mol. The van der Waals surface area contributed by atoms with Gasteiger partial charge in [0.1, 0.15) is 0 Å². The van der Waals surface area contributed by atoms with Crippen molar-refractivity contribution in [1.29, 1.82) is 0 Å². The van der Waals surface area contributed by atoms with Gasteiger partial charge in [0.25, 0.3) is 0 Å². The molecule has 0 saturated carbocycles. The lowest BCUT2D eigenvalue weighted by Gasteiger charge is -2.49. The molecule has 0 aliphatic carbocycles. The quantitative estimate of drug-likeness (QED) is 0.803. The van der Waals surface area contributed by atoms with Crippen LogP contribution in [0, 0.1) is 0 Å². The first kappa shape index (κ1) is 14.6. The minimum Gasteiger partial charge on any atom is -0.298 e. The molecule has 2 nitrogen and oxygen atoms in total. The van der Waals surface area contributed by atoms with Gasteiger partial charge in [0.15, 0.2) is 0 Å². The highest BCUT2D eigenvalue weighted by Gasteiger charge is 2.35. The summed E-state index contributed by atoms with van der Waals surface area (Å²) in [7, 11) is 0. The summed E-state index contributed by atoms with van der Waals surface area (Å²) in [6.07, 6.45) is 4.19. The molecule has 20 heavy (non-hydrogen) atoms. The number of rotatable bonds is 2. The largest absolute Gasteiger partial charge is 0.298 e. The molecule has 0 spiro atoms. The third kappa shape index (κ3) is 2.95. The van der Waals surface area contributed by atoms with Crippen LogP contribution in [0.5, 0.6) is 0 Å². The molecule has 0 aromatic heterocycles. The minimum atomic E-state index is 0.516. The number of hydrogen-bond acceptors (Lipinski definition) is 2. The van der Waals surface area contributed by atoms with E-state index in [0.29, 0.717) is 12.1 Å². The Hall–Kier alpha value is -0.380. The SMILES string of the molecule is CC1CN2CCCCC2CN1C(C)c1ccc(Br)cc1. The van der Waals surface area contributed by atoms with E-state index in [9.17, 15) is 0 Å². The molecular weight excluding hydrogens is 312 g/mol.